The number of amides is 1. The molecule has 0 aromatic rings. The van der Waals surface area contributed by atoms with E-state index >= 15 is 0 Å². The highest BCUT2D eigenvalue weighted by Gasteiger charge is 2.60. The van der Waals surface area contributed by atoms with Crippen LogP contribution >= 0.6 is 0 Å². The van der Waals surface area contributed by atoms with Crippen molar-refractivity contribution < 1.29 is 22.6 Å². The van der Waals surface area contributed by atoms with Gasteiger partial charge in [-0.3, -0.25) is 14.1 Å². The topological polar surface area (TPSA) is 101 Å². The van der Waals surface area contributed by atoms with Crippen molar-refractivity contribution in [2.75, 3.05) is 5.75 Å². The lowest BCUT2D eigenvalue weighted by Gasteiger charge is -2.60. The molecule has 0 bridgehead atoms. The summed E-state index contributed by atoms with van der Waals surface area (Å²) in [7, 11) is -4.15. The zero-order valence-corrected chi connectivity index (χ0v) is 23.3. The minimum Gasteiger partial charge on any atom is -0.350 e. The highest BCUT2D eigenvalue weighted by molar-refractivity contribution is 7.85. The quantitative estimate of drug-likeness (QED) is 0.447. The van der Waals surface area contributed by atoms with Gasteiger partial charge in [0.15, 0.2) is 0 Å². The van der Waals surface area contributed by atoms with Crippen LogP contribution in [0.3, 0.4) is 0 Å². The third kappa shape index (κ3) is 5.37. The molecule has 6 nitrogen and oxygen atoms in total. The Morgan fingerprint density at radius 3 is 2.46 bits per heavy atom. The standard InChI is InChI=1S/C28H47NO5S/c1-18(6-11-25(31)29-26(2,3)17-35(32,33)34)22-9-10-23-21-8-7-19-16-20(30)12-14-27(19,4)24(21)13-15-28(22,23)5/h18-19,21-24H,6-17H2,1-5H3,(H,29,31)(H,32,33,34). The number of Topliss-reactive ketones (excluding diaryl/α,β-unsaturated/α-hetero) is 1. The molecule has 4 saturated carbocycles. The fourth-order valence-corrected chi connectivity index (χ4v) is 10.5. The van der Waals surface area contributed by atoms with Gasteiger partial charge in [-0.25, -0.2) is 0 Å². The fourth-order valence-electron chi connectivity index (χ4n) is 9.51. The van der Waals surface area contributed by atoms with E-state index in [1.807, 2.05) is 0 Å². The number of carbonyl (C=O) groups is 2. The molecule has 7 heteroatoms. The Bertz CT molecular complexity index is 945. The minimum atomic E-state index is -4.15. The summed E-state index contributed by atoms with van der Waals surface area (Å²) in [6, 6.07) is 0. The van der Waals surface area contributed by atoms with Crippen LogP contribution < -0.4 is 5.32 Å². The molecular formula is C28H47NO5S. The normalized spacial score (nSPS) is 40.4. The molecule has 0 radical (unpaired) electrons. The average molecular weight is 510 g/mol. The second-order valence-corrected chi connectivity index (χ2v) is 15.3. The Hall–Kier alpha value is -0.950. The van der Waals surface area contributed by atoms with Crippen LogP contribution in [0.4, 0.5) is 0 Å². The van der Waals surface area contributed by atoms with E-state index in [9.17, 15) is 18.0 Å². The second-order valence-electron chi connectivity index (χ2n) is 13.8. The van der Waals surface area contributed by atoms with Gasteiger partial charge in [-0.15, -0.1) is 0 Å². The molecule has 0 saturated heterocycles. The summed E-state index contributed by atoms with van der Waals surface area (Å²) in [6.07, 6.45) is 11.4. The molecule has 2 N–H and O–H groups in total. The van der Waals surface area contributed by atoms with Crippen molar-refractivity contribution in [3.8, 4) is 0 Å². The maximum absolute atomic E-state index is 12.6. The third-order valence-electron chi connectivity index (χ3n) is 11.1. The van der Waals surface area contributed by atoms with E-state index in [0.29, 0.717) is 40.8 Å². The van der Waals surface area contributed by atoms with Crippen molar-refractivity contribution in [1.82, 2.24) is 5.32 Å². The zero-order valence-electron chi connectivity index (χ0n) is 22.4. The highest BCUT2D eigenvalue weighted by Crippen LogP contribution is 2.68. The van der Waals surface area contributed by atoms with Crippen molar-refractivity contribution in [3.63, 3.8) is 0 Å². The summed E-state index contributed by atoms with van der Waals surface area (Å²) >= 11 is 0. The van der Waals surface area contributed by atoms with Crippen LogP contribution in [-0.2, 0) is 19.7 Å². The van der Waals surface area contributed by atoms with Crippen LogP contribution in [0, 0.1) is 46.3 Å². The number of carbonyl (C=O) groups excluding carboxylic acids is 2. The SMILES string of the molecule is CC(CCC(=O)NC(C)(C)CS(=O)(=O)O)C1CCC2C3CCC4CC(=O)CCC4(C)C3CCC12C. The average Bonchev–Trinajstić information content (AvgIpc) is 3.07. The van der Waals surface area contributed by atoms with Gasteiger partial charge in [0, 0.05) is 19.3 Å². The Morgan fingerprint density at radius 1 is 1.09 bits per heavy atom. The van der Waals surface area contributed by atoms with E-state index in [1.165, 1.54) is 38.5 Å². The van der Waals surface area contributed by atoms with Gasteiger partial charge in [-0.1, -0.05) is 20.8 Å². The Kier molecular flexibility index (Phi) is 7.29. The van der Waals surface area contributed by atoms with Gasteiger partial charge >= 0.3 is 0 Å². The molecule has 4 rings (SSSR count). The lowest BCUT2D eigenvalue weighted by atomic mass is 9.44. The van der Waals surface area contributed by atoms with Crippen LogP contribution in [0.5, 0.6) is 0 Å². The lowest BCUT2D eigenvalue weighted by molar-refractivity contribution is -0.140. The first-order valence-corrected chi connectivity index (χ1v) is 15.5. The Balaban J connectivity index is 1.37. The van der Waals surface area contributed by atoms with Gasteiger partial charge in [0.1, 0.15) is 5.78 Å². The number of nitrogens with one attached hydrogen (secondary N) is 1. The summed E-state index contributed by atoms with van der Waals surface area (Å²) < 4.78 is 31.6. The van der Waals surface area contributed by atoms with E-state index in [4.69, 9.17) is 4.55 Å². The van der Waals surface area contributed by atoms with Gasteiger partial charge < -0.3 is 5.32 Å². The first kappa shape index (κ1) is 27.1. The first-order chi connectivity index (χ1) is 16.1. The number of fused-ring (bicyclic) bond motifs is 5. The number of hydrogen-bond acceptors (Lipinski definition) is 4. The summed E-state index contributed by atoms with van der Waals surface area (Å²) in [4.78, 5) is 24.7. The monoisotopic (exact) mass is 509 g/mol. The largest absolute Gasteiger partial charge is 0.350 e. The third-order valence-corrected chi connectivity index (χ3v) is 12.2. The Labute approximate surface area is 212 Å². The van der Waals surface area contributed by atoms with Crippen molar-refractivity contribution in [2.24, 2.45) is 46.3 Å². The highest BCUT2D eigenvalue weighted by atomic mass is 32.2. The predicted octanol–water partition coefficient (Wildman–Crippen LogP) is 5.41. The fraction of sp³-hybridized carbons (Fsp3) is 0.929. The summed E-state index contributed by atoms with van der Waals surface area (Å²) in [5.74, 6) is 3.79. The van der Waals surface area contributed by atoms with Crippen LogP contribution in [0.1, 0.15) is 105 Å². The molecule has 8 atom stereocenters. The minimum absolute atomic E-state index is 0.146. The molecule has 0 aromatic carbocycles. The second kappa shape index (κ2) is 9.41. The predicted molar refractivity (Wildman–Crippen MR) is 137 cm³/mol. The van der Waals surface area contributed by atoms with Crippen LogP contribution in [-0.4, -0.2) is 36.0 Å². The number of hydrogen-bond donors (Lipinski definition) is 2. The molecule has 0 aromatic heterocycles. The van der Waals surface area contributed by atoms with Crippen LogP contribution in [0.2, 0.25) is 0 Å². The van der Waals surface area contributed by atoms with Crippen molar-refractivity contribution >= 4 is 21.8 Å². The summed E-state index contributed by atoms with van der Waals surface area (Å²) in [5, 5.41) is 2.79. The zero-order chi connectivity index (χ0) is 25.8. The van der Waals surface area contributed by atoms with E-state index in [-0.39, 0.29) is 5.91 Å². The molecular weight excluding hydrogens is 462 g/mol. The molecule has 4 aliphatic rings. The van der Waals surface area contributed by atoms with E-state index in [1.54, 1.807) is 13.8 Å². The summed E-state index contributed by atoms with van der Waals surface area (Å²) in [6.45, 7) is 10.6. The molecule has 1 amide bonds. The molecule has 4 aliphatic carbocycles. The van der Waals surface area contributed by atoms with Crippen molar-refractivity contribution in [1.29, 1.82) is 0 Å². The lowest BCUT2D eigenvalue weighted by Crippen LogP contribution is -2.53. The van der Waals surface area contributed by atoms with Gasteiger partial charge in [0.25, 0.3) is 10.1 Å². The molecule has 200 valence electrons. The van der Waals surface area contributed by atoms with E-state index < -0.39 is 21.4 Å². The molecule has 35 heavy (non-hydrogen) atoms. The van der Waals surface area contributed by atoms with Crippen molar-refractivity contribution in [2.45, 2.75) is 111 Å². The first-order valence-electron chi connectivity index (χ1n) is 13.9. The Morgan fingerprint density at radius 2 is 1.77 bits per heavy atom. The molecule has 8 unspecified atom stereocenters. The van der Waals surface area contributed by atoms with Gasteiger partial charge in [-0.05, 0) is 112 Å². The van der Waals surface area contributed by atoms with Gasteiger partial charge in [-0.2, -0.15) is 8.42 Å². The van der Waals surface area contributed by atoms with Gasteiger partial charge in [0.2, 0.25) is 5.91 Å². The van der Waals surface area contributed by atoms with E-state index in [0.717, 1.165) is 43.4 Å². The molecule has 0 heterocycles. The van der Waals surface area contributed by atoms with Crippen LogP contribution in [0.25, 0.3) is 0 Å². The van der Waals surface area contributed by atoms with Gasteiger partial charge in [0.05, 0.1) is 11.3 Å². The maximum atomic E-state index is 12.6. The molecule has 0 spiro atoms. The van der Waals surface area contributed by atoms with Crippen molar-refractivity contribution in [3.05, 3.63) is 0 Å². The summed E-state index contributed by atoms with van der Waals surface area (Å²) in [5.41, 5.74) is -0.320. The smallest absolute Gasteiger partial charge is 0.267 e. The molecule has 4 fully saturated rings. The molecule has 0 aliphatic heterocycles. The number of rotatable bonds is 7. The number of ketones is 1. The van der Waals surface area contributed by atoms with E-state index in [2.05, 4.69) is 26.1 Å². The maximum Gasteiger partial charge on any atom is 0.267 e. The van der Waals surface area contributed by atoms with Crippen LogP contribution in [0.15, 0.2) is 0 Å².